The molecule has 2 aliphatic heterocycles. The number of carbonyl (C=O) groups is 2. The number of fused-ring (bicyclic) bond motifs is 2. The summed E-state index contributed by atoms with van der Waals surface area (Å²) >= 11 is 0. The van der Waals surface area contributed by atoms with Gasteiger partial charge in [0.1, 0.15) is 5.60 Å². The van der Waals surface area contributed by atoms with Gasteiger partial charge in [-0.15, -0.1) is 0 Å². The van der Waals surface area contributed by atoms with Crippen molar-refractivity contribution in [1.82, 2.24) is 4.90 Å². The Morgan fingerprint density at radius 1 is 1.09 bits per heavy atom. The Hall–Kier alpha value is -2.45. The topological polar surface area (TPSA) is 85.3 Å². The van der Waals surface area contributed by atoms with Crippen LogP contribution in [0, 0.1) is 11.2 Å². The Kier molecular flexibility index (Phi) is 5.79. The van der Waals surface area contributed by atoms with Crippen LogP contribution in [0.5, 0.6) is 5.75 Å². The number of esters is 2. The molecule has 174 valence electrons. The molecule has 1 aromatic carbocycles. The molecular weight excluding hydrogens is 417 g/mol. The molecule has 2 heterocycles. The highest BCUT2D eigenvalue weighted by molar-refractivity contribution is 5.93. The number of aliphatic hydroxyl groups is 1. The molecule has 1 unspecified atom stereocenters. The van der Waals surface area contributed by atoms with Gasteiger partial charge in [0.2, 0.25) is 0 Å². The highest BCUT2D eigenvalue weighted by Gasteiger charge is 2.71. The van der Waals surface area contributed by atoms with E-state index in [4.69, 9.17) is 14.2 Å². The first-order valence-electron chi connectivity index (χ1n) is 11.1. The lowest BCUT2D eigenvalue weighted by Crippen LogP contribution is -2.53. The minimum absolute atomic E-state index is 0.141. The predicted molar refractivity (Wildman–Crippen MR) is 113 cm³/mol. The van der Waals surface area contributed by atoms with Gasteiger partial charge in [-0.1, -0.05) is 6.42 Å². The maximum atomic E-state index is 14.8. The van der Waals surface area contributed by atoms with E-state index in [0.717, 1.165) is 50.7 Å². The second-order valence-electron chi connectivity index (χ2n) is 9.29. The molecule has 1 aliphatic carbocycles. The summed E-state index contributed by atoms with van der Waals surface area (Å²) in [6.45, 7) is 6.14. The Labute approximate surface area is 187 Å². The summed E-state index contributed by atoms with van der Waals surface area (Å²) < 4.78 is 31.5. The fourth-order valence-electron chi connectivity index (χ4n) is 5.42. The number of benzene rings is 1. The summed E-state index contributed by atoms with van der Waals surface area (Å²) in [5.41, 5.74) is -2.64. The molecule has 0 radical (unpaired) electrons. The number of piperidine rings is 1. The second-order valence-corrected chi connectivity index (χ2v) is 9.29. The lowest BCUT2D eigenvalue weighted by molar-refractivity contribution is -0.294. The van der Waals surface area contributed by atoms with E-state index in [-0.39, 0.29) is 23.3 Å². The normalized spacial score (nSPS) is 26.4. The molecule has 1 atom stereocenters. The SMILES string of the molecule is COc1c(F)ccc2c1C(O)(CCCN1CCCCC1)C(C)(C)C21OC(=O)C=CC(=O)O1. The molecule has 0 saturated carbocycles. The number of nitrogens with zero attached hydrogens (tertiary/aromatic N) is 1. The summed E-state index contributed by atoms with van der Waals surface area (Å²) in [7, 11) is 1.32. The van der Waals surface area contributed by atoms with Crippen LogP contribution in [0.2, 0.25) is 0 Å². The van der Waals surface area contributed by atoms with Crippen LogP contribution in [-0.4, -0.2) is 48.7 Å². The van der Waals surface area contributed by atoms with E-state index in [9.17, 15) is 19.1 Å². The fourth-order valence-corrected chi connectivity index (χ4v) is 5.42. The van der Waals surface area contributed by atoms with Crippen LogP contribution in [0.15, 0.2) is 24.3 Å². The fraction of sp³-hybridized carbons (Fsp3) is 0.583. The predicted octanol–water partition coefficient (Wildman–Crippen LogP) is 3.14. The van der Waals surface area contributed by atoms with E-state index in [1.54, 1.807) is 13.8 Å². The lowest BCUT2D eigenvalue weighted by atomic mass is 9.70. The largest absolute Gasteiger partial charge is 0.493 e. The average Bonchev–Trinajstić information content (AvgIpc) is 2.86. The third-order valence-electron chi connectivity index (χ3n) is 7.24. The molecule has 1 spiro atoms. The van der Waals surface area contributed by atoms with Crippen LogP contribution in [-0.2, 0) is 30.5 Å². The highest BCUT2D eigenvalue weighted by Crippen LogP contribution is 2.65. The molecule has 32 heavy (non-hydrogen) atoms. The molecule has 0 bridgehead atoms. The van der Waals surface area contributed by atoms with Crippen LogP contribution in [0.3, 0.4) is 0 Å². The molecule has 7 nitrogen and oxygen atoms in total. The average molecular weight is 448 g/mol. The van der Waals surface area contributed by atoms with Crippen molar-refractivity contribution in [1.29, 1.82) is 0 Å². The molecular formula is C24H30FNO6. The summed E-state index contributed by atoms with van der Waals surface area (Å²) in [6, 6.07) is 2.55. The number of hydrogen-bond acceptors (Lipinski definition) is 7. The standard InChI is InChI=1S/C24H30FNO6/c1-22(2)23(29,12-7-15-26-13-5-4-6-14-26)20-16(8-9-17(25)21(20)30-3)24(22)31-18(27)10-11-19(28)32-24/h8-11,29H,4-7,12-15H2,1-3H3. The number of likely N-dealkylation sites (tertiary alicyclic amines) is 1. The van der Waals surface area contributed by atoms with Crippen molar-refractivity contribution in [2.24, 2.45) is 5.41 Å². The molecule has 1 fully saturated rings. The molecule has 0 aromatic heterocycles. The van der Waals surface area contributed by atoms with Crippen LogP contribution < -0.4 is 4.74 Å². The van der Waals surface area contributed by atoms with Gasteiger partial charge < -0.3 is 24.2 Å². The monoisotopic (exact) mass is 447 g/mol. The molecule has 1 aromatic rings. The molecule has 3 aliphatic rings. The van der Waals surface area contributed by atoms with Gasteiger partial charge >= 0.3 is 11.9 Å². The minimum Gasteiger partial charge on any atom is -0.493 e. The molecule has 4 rings (SSSR count). The smallest absolute Gasteiger partial charge is 0.334 e. The molecule has 1 saturated heterocycles. The maximum Gasteiger partial charge on any atom is 0.334 e. The lowest BCUT2D eigenvalue weighted by Gasteiger charge is -2.45. The van der Waals surface area contributed by atoms with Gasteiger partial charge in [0.05, 0.1) is 12.5 Å². The summed E-state index contributed by atoms with van der Waals surface area (Å²) in [5.74, 6) is -4.29. The summed E-state index contributed by atoms with van der Waals surface area (Å²) in [4.78, 5) is 27.2. The van der Waals surface area contributed by atoms with Gasteiger partial charge in [-0.3, -0.25) is 0 Å². The van der Waals surface area contributed by atoms with Gasteiger partial charge in [-0.05, 0) is 71.3 Å². The second kappa shape index (κ2) is 8.15. The number of methoxy groups -OCH3 is 1. The zero-order valence-electron chi connectivity index (χ0n) is 18.8. The summed E-state index contributed by atoms with van der Waals surface area (Å²) in [5, 5.41) is 12.2. The van der Waals surface area contributed by atoms with E-state index in [1.807, 2.05) is 0 Å². The van der Waals surface area contributed by atoms with E-state index in [1.165, 1.54) is 19.6 Å². The van der Waals surface area contributed by atoms with E-state index in [2.05, 4.69) is 4.90 Å². The molecule has 1 N–H and O–H groups in total. The van der Waals surface area contributed by atoms with Gasteiger partial charge in [-0.25, -0.2) is 14.0 Å². The quantitative estimate of drug-likeness (QED) is 0.694. The zero-order chi connectivity index (χ0) is 23.1. The van der Waals surface area contributed by atoms with Crippen molar-refractivity contribution in [3.63, 3.8) is 0 Å². The van der Waals surface area contributed by atoms with Crippen LogP contribution in [0.25, 0.3) is 0 Å². The number of hydrogen-bond donors (Lipinski definition) is 1. The third kappa shape index (κ3) is 3.31. The van der Waals surface area contributed by atoms with Crippen LogP contribution >= 0.6 is 0 Å². The molecule has 8 heteroatoms. The first kappa shape index (κ1) is 22.7. The zero-order valence-corrected chi connectivity index (χ0v) is 18.8. The van der Waals surface area contributed by atoms with E-state index < -0.39 is 34.6 Å². The Morgan fingerprint density at radius 3 is 2.31 bits per heavy atom. The van der Waals surface area contributed by atoms with Crippen molar-refractivity contribution in [2.75, 3.05) is 26.7 Å². The first-order chi connectivity index (χ1) is 15.2. The van der Waals surface area contributed by atoms with Crippen molar-refractivity contribution >= 4 is 11.9 Å². The number of halogens is 1. The van der Waals surface area contributed by atoms with Gasteiger partial charge in [-0.2, -0.15) is 0 Å². The van der Waals surface area contributed by atoms with Gasteiger partial charge in [0.15, 0.2) is 11.6 Å². The van der Waals surface area contributed by atoms with Crippen LogP contribution in [0.1, 0.15) is 57.1 Å². The van der Waals surface area contributed by atoms with Crippen molar-refractivity contribution in [2.45, 2.75) is 57.3 Å². The van der Waals surface area contributed by atoms with Crippen molar-refractivity contribution in [3.8, 4) is 5.75 Å². The summed E-state index contributed by atoms with van der Waals surface area (Å²) in [6.07, 6.45) is 6.37. The Balaban J connectivity index is 1.79. The highest BCUT2D eigenvalue weighted by atomic mass is 19.1. The Bertz CT molecular complexity index is 932. The van der Waals surface area contributed by atoms with Crippen molar-refractivity contribution in [3.05, 3.63) is 41.2 Å². The first-order valence-corrected chi connectivity index (χ1v) is 11.1. The minimum atomic E-state index is -1.93. The Morgan fingerprint density at radius 2 is 1.72 bits per heavy atom. The number of carbonyl (C=O) groups excluding carboxylic acids is 2. The van der Waals surface area contributed by atoms with Crippen LogP contribution in [0.4, 0.5) is 4.39 Å². The maximum absolute atomic E-state index is 14.8. The van der Waals surface area contributed by atoms with Crippen molar-refractivity contribution < 1.29 is 33.3 Å². The van der Waals surface area contributed by atoms with E-state index >= 15 is 0 Å². The van der Waals surface area contributed by atoms with Gasteiger partial charge in [0.25, 0.3) is 5.79 Å². The van der Waals surface area contributed by atoms with E-state index in [0.29, 0.717) is 6.42 Å². The molecule has 0 amide bonds. The third-order valence-corrected chi connectivity index (χ3v) is 7.24. The number of rotatable bonds is 5. The van der Waals surface area contributed by atoms with Gasteiger partial charge in [0, 0.05) is 23.3 Å². The number of ether oxygens (including phenoxy) is 3.